The molecule has 0 aromatic heterocycles. The van der Waals surface area contributed by atoms with Crippen molar-refractivity contribution >= 4 is 21.6 Å². The predicted octanol–water partition coefficient (Wildman–Crippen LogP) is 3.53. The second-order valence-electron chi connectivity index (χ2n) is 4.68. The van der Waals surface area contributed by atoms with E-state index < -0.39 is 0 Å². The van der Waals surface area contributed by atoms with Crippen LogP contribution < -0.4 is 10.6 Å². The van der Waals surface area contributed by atoms with Gasteiger partial charge in [0.05, 0.1) is 10.2 Å². The van der Waals surface area contributed by atoms with Gasteiger partial charge in [-0.2, -0.15) is 0 Å². The highest BCUT2D eigenvalue weighted by atomic mass is 79.9. The van der Waals surface area contributed by atoms with Crippen molar-refractivity contribution in [3.05, 3.63) is 28.0 Å². The summed E-state index contributed by atoms with van der Waals surface area (Å²) in [6, 6.07) is 3.66. The van der Waals surface area contributed by atoms with Gasteiger partial charge in [-0.05, 0) is 39.9 Å². The summed E-state index contributed by atoms with van der Waals surface area (Å²) >= 11 is 3.26. The molecule has 17 heavy (non-hydrogen) atoms. The molecule has 96 valence electrons. The Labute approximate surface area is 111 Å². The minimum absolute atomic E-state index is 0.223. The summed E-state index contributed by atoms with van der Waals surface area (Å²) in [7, 11) is 1.91. The third kappa shape index (κ3) is 3.68. The van der Waals surface area contributed by atoms with Gasteiger partial charge in [-0.3, -0.25) is 0 Å². The van der Waals surface area contributed by atoms with Crippen LogP contribution in [0.2, 0.25) is 0 Å². The molecule has 0 heterocycles. The van der Waals surface area contributed by atoms with E-state index in [4.69, 9.17) is 5.73 Å². The maximum atomic E-state index is 14.1. The van der Waals surface area contributed by atoms with Crippen molar-refractivity contribution in [3.8, 4) is 0 Å². The Morgan fingerprint density at radius 1 is 1.41 bits per heavy atom. The minimum Gasteiger partial charge on any atom is -0.372 e. The largest absolute Gasteiger partial charge is 0.372 e. The lowest BCUT2D eigenvalue weighted by molar-refractivity contribution is 0.572. The van der Waals surface area contributed by atoms with Gasteiger partial charge in [0.2, 0.25) is 0 Å². The molecule has 1 aromatic carbocycles. The molecule has 1 aromatic rings. The number of anilines is 1. The first-order chi connectivity index (χ1) is 7.97. The summed E-state index contributed by atoms with van der Waals surface area (Å²) in [6.45, 7) is 5.52. The van der Waals surface area contributed by atoms with E-state index in [0.29, 0.717) is 22.6 Å². The number of nitrogens with zero attached hydrogens (tertiary/aromatic N) is 1. The molecular weight excluding hydrogens is 283 g/mol. The quantitative estimate of drug-likeness (QED) is 0.901. The molecule has 0 radical (unpaired) electrons. The van der Waals surface area contributed by atoms with Crippen molar-refractivity contribution in [2.75, 3.05) is 18.5 Å². The number of hydrogen-bond acceptors (Lipinski definition) is 2. The fourth-order valence-corrected chi connectivity index (χ4v) is 2.10. The highest BCUT2D eigenvalue weighted by Crippen LogP contribution is 2.29. The second-order valence-corrected chi connectivity index (χ2v) is 5.47. The van der Waals surface area contributed by atoms with E-state index in [1.54, 1.807) is 6.07 Å². The molecule has 0 bridgehead atoms. The topological polar surface area (TPSA) is 29.3 Å². The lowest BCUT2D eigenvalue weighted by atomic mass is 10.1. The zero-order chi connectivity index (χ0) is 13.0. The summed E-state index contributed by atoms with van der Waals surface area (Å²) in [4.78, 5) is 1.94. The number of hydrogen-bond donors (Lipinski definition) is 1. The van der Waals surface area contributed by atoms with Crippen LogP contribution in [0.3, 0.4) is 0 Å². The Morgan fingerprint density at radius 3 is 2.59 bits per heavy atom. The van der Waals surface area contributed by atoms with Crippen molar-refractivity contribution in [1.29, 1.82) is 0 Å². The van der Waals surface area contributed by atoms with Gasteiger partial charge in [0.15, 0.2) is 5.82 Å². The van der Waals surface area contributed by atoms with Crippen molar-refractivity contribution in [2.24, 2.45) is 11.7 Å². The number of rotatable bonds is 5. The van der Waals surface area contributed by atoms with Crippen LogP contribution in [0.1, 0.15) is 25.8 Å². The van der Waals surface area contributed by atoms with Gasteiger partial charge in [0.25, 0.3) is 0 Å². The van der Waals surface area contributed by atoms with E-state index >= 15 is 0 Å². The minimum atomic E-state index is -0.223. The molecule has 4 heteroatoms. The smallest absolute Gasteiger partial charge is 0.160 e. The lowest BCUT2D eigenvalue weighted by Gasteiger charge is -2.22. The van der Waals surface area contributed by atoms with Crippen LogP contribution in [-0.2, 0) is 6.54 Å². The third-order valence-electron chi connectivity index (χ3n) is 2.81. The molecule has 0 spiro atoms. The van der Waals surface area contributed by atoms with Crippen LogP contribution in [0.4, 0.5) is 10.1 Å². The van der Waals surface area contributed by atoms with E-state index in [2.05, 4.69) is 29.8 Å². The first kappa shape index (κ1) is 14.5. The normalized spacial score (nSPS) is 11.0. The van der Waals surface area contributed by atoms with Crippen LogP contribution in [-0.4, -0.2) is 13.6 Å². The molecular formula is C13H20BrFN2. The SMILES string of the molecule is CC(C)CCN(C)c1ccc(CN)c(Br)c1F. The molecule has 0 atom stereocenters. The van der Waals surface area contributed by atoms with Crippen molar-refractivity contribution in [1.82, 2.24) is 0 Å². The van der Waals surface area contributed by atoms with E-state index in [0.717, 1.165) is 18.5 Å². The third-order valence-corrected chi connectivity index (χ3v) is 3.67. The molecule has 0 fully saturated rings. The standard InChI is InChI=1S/C13H20BrFN2/c1-9(2)6-7-17(3)11-5-4-10(8-16)12(14)13(11)15/h4-5,9H,6-8,16H2,1-3H3. The Bertz CT molecular complexity index is 380. The molecule has 0 unspecified atom stereocenters. The van der Waals surface area contributed by atoms with Crippen LogP contribution in [0, 0.1) is 11.7 Å². The van der Waals surface area contributed by atoms with Crippen LogP contribution in [0.15, 0.2) is 16.6 Å². The molecule has 0 aliphatic heterocycles. The lowest BCUT2D eigenvalue weighted by Crippen LogP contribution is -2.21. The zero-order valence-electron chi connectivity index (χ0n) is 10.6. The van der Waals surface area contributed by atoms with Gasteiger partial charge in [-0.1, -0.05) is 19.9 Å². The number of halogens is 2. The average molecular weight is 303 g/mol. The Kier molecular flexibility index (Phi) is 5.40. The van der Waals surface area contributed by atoms with E-state index in [1.165, 1.54) is 0 Å². The molecule has 1 rings (SSSR count). The fourth-order valence-electron chi connectivity index (χ4n) is 1.60. The van der Waals surface area contributed by atoms with Crippen LogP contribution in [0.25, 0.3) is 0 Å². The Morgan fingerprint density at radius 2 is 2.06 bits per heavy atom. The van der Waals surface area contributed by atoms with Crippen molar-refractivity contribution < 1.29 is 4.39 Å². The maximum absolute atomic E-state index is 14.1. The summed E-state index contributed by atoms with van der Waals surface area (Å²) in [6.07, 6.45) is 1.05. The summed E-state index contributed by atoms with van der Waals surface area (Å²) in [5, 5.41) is 0. The number of nitrogens with two attached hydrogens (primary N) is 1. The highest BCUT2D eigenvalue weighted by molar-refractivity contribution is 9.10. The molecule has 0 amide bonds. The zero-order valence-corrected chi connectivity index (χ0v) is 12.2. The monoisotopic (exact) mass is 302 g/mol. The first-order valence-electron chi connectivity index (χ1n) is 5.85. The van der Waals surface area contributed by atoms with Gasteiger partial charge >= 0.3 is 0 Å². The molecule has 0 aliphatic carbocycles. The summed E-state index contributed by atoms with van der Waals surface area (Å²) in [5.41, 5.74) is 6.95. The van der Waals surface area contributed by atoms with E-state index in [9.17, 15) is 4.39 Å². The molecule has 0 saturated heterocycles. The fraction of sp³-hybridized carbons (Fsp3) is 0.538. The molecule has 2 nitrogen and oxygen atoms in total. The van der Waals surface area contributed by atoms with Crippen LogP contribution in [0.5, 0.6) is 0 Å². The highest BCUT2D eigenvalue weighted by Gasteiger charge is 2.13. The predicted molar refractivity (Wildman–Crippen MR) is 74.7 cm³/mol. The van der Waals surface area contributed by atoms with Gasteiger partial charge in [0, 0.05) is 20.1 Å². The summed E-state index contributed by atoms with van der Waals surface area (Å²) in [5.74, 6) is 0.395. The molecule has 2 N–H and O–H groups in total. The molecule has 0 saturated carbocycles. The van der Waals surface area contributed by atoms with Crippen LogP contribution >= 0.6 is 15.9 Å². The van der Waals surface area contributed by atoms with E-state index in [1.807, 2.05) is 18.0 Å². The Balaban J connectivity index is 2.87. The number of benzene rings is 1. The second kappa shape index (κ2) is 6.36. The van der Waals surface area contributed by atoms with Crippen molar-refractivity contribution in [2.45, 2.75) is 26.8 Å². The van der Waals surface area contributed by atoms with Gasteiger partial charge < -0.3 is 10.6 Å². The maximum Gasteiger partial charge on any atom is 0.160 e. The summed E-state index contributed by atoms with van der Waals surface area (Å²) < 4.78 is 14.6. The van der Waals surface area contributed by atoms with Gasteiger partial charge in [0.1, 0.15) is 0 Å². The van der Waals surface area contributed by atoms with Crippen molar-refractivity contribution in [3.63, 3.8) is 0 Å². The first-order valence-corrected chi connectivity index (χ1v) is 6.64. The van der Waals surface area contributed by atoms with Gasteiger partial charge in [-0.25, -0.2) is 4.39 Å². The average Bonchev–Trinajstić information content (AvgIpc) is 2.29. The van der Waals surface area contributed by atoms with E-state index in [-0.39, 0.29) is 5.82 Å². The van der Waals surface area contributed by atoms with Gasteiger partial charge in [-0.15, -0.1) is 0 Å². The molecule has 0 aliphatic rings. The Hall–Kier alpha value is -0.610.